The molecule has 0 bridgehead atoms. The fraction of sp³-hybridized carbons (Fsp3) is 0. The molecular weight excluding hydrogens is 510 g/mol. The van der Waals surface area contributed by atoms with Crippen LogP contribution in [0.15, 0.2) is 140 Å². The highest BCUT2D eigenvalue weighted by Gasteiger charge is 2.19. The molecule has 2 aromatic heterocycles. The molecule has 0 saturated heterocycles. The molecule has 7 nitrogen and oxygen atoms in total. The Kier molecular flexibility index (Phi) is 5.94. The third-order valence-corrected chi connectivity index (χ3v) is 7.07. The van der Waals surface area contributed by atoms with Crippen LogP contribution in [-0.4, -0.2) is 19.7 Å². The van der Waals surface area contributed by atoms with Gasteiger partial charge >= 0.3 is 0 Å². The van der Waals surface area contributed by atoms with E-state index in [9.17, 15) is 10.1 Å². The molecule has 0 spiro atoms. The van der Waals surface area contributed by atoms with Crippen LogP contribution in [0.5, 0.6) is 0 Å². The first-order chi connectivity index (χ1) is 20.2. The van der Waals surface area contributed by atoms with Crippen molar-refractivity contribution >= 4 is 44.7 Å². The van der Waals surface area contributed by atoms with Crippen molar-refractivity contribution in [2.75, 3.05) is 4.90 Å². The van der Waals surface area contributed by atoms with Crippen LogP contribution < -0.4 is 4.90 Å². The van der Waals surface area contributed by atoms with Gasteiger partial charge in [0.25, 0.3) is 5.69 Å². The largest absolute Gasteiger partial charge is 0.310 e. The number of rotatable bonds is 6. The van der Waals surface area contributed by atoms with E-state index < -0.39 is 4.92 Å². The number of benzene rings is 5. The lowest BCUT2D eigenvalue weighted by atomic mass is 10.1. The Balaban J connectivity index is 1.44. The van der Waals surface area contributed by atoms with E-state index in [0.717, 1.165) is 44.6 Å². The standard InChI is InChI=1S/C34H23N5O2/c40-39(41)29-18-16-24(17-19-29)33-31-23-25-22-30(37(26-10-4-1-5-11-26)27-12-6-2-7-13-27)20-21-32(25)35-34(31)38(36-33)28-14-8-3-9-15-28/h1-23H. The summed E-state index contributed by atoms with van der Waals surface area (Å²) in [6.45, 7) is 0. The summed E-state index contributed by atoms with van der Waals surface area (Å²) < 4.78 is 1.83. The van der Waals surface area contributed by atoms with E-state index in [1.807, 2.05) is 77.5 Å². The lowest BCUT2D eigenvalue weighted by Gasteiger charge is -2.25. The van der Waals surface area contributed by atoms with Crippen LogP contribution in [0.4, 0.5) is 22.7 Å². The van der Waals surface area contributed by atoms with E-state index in [1.54, 1.807) is 12.1 Å². The Morgan fingerprint density at radius 2 is 1.27 bits per heavy atom. The van der Waals surface area contributed by atoms with Crippen molar-refractivity contribution < 1.29 is 4.92 Å². The molecule has 0 aliphatic carbocycles. The highest BCUT2D eigenvalue weighted by Crippen LogP contribution is 2.37. The van der Waals surface area contributed by atoms with Crippen molar-refractivity contribution in [1.29, 1.82) is 0 Å². The number of pyridine rings is 1. The number of non-ortho nitro benzene ring substituents is 1. The Labute approximate surface area is 235 Å². The minimum atomic E-state index is -0.397. The molecule has 0 saturated carbocycles. The zero-order valence-electron chi connectivity index (χ0n) is 21.8. The molecule has 0 N–H and O–H groups in total. The first-order valence-electron chi connectivity index (χ1n) is 13.2. The Morgan fingerprint density at radius 1 is 0.659 bits per heavy atom. The van der Waals surface area contributed by atoms with Crippen LogP contribution in [-0.2, 0) is 0 Å². The quantitative estimate of drug-likeness (QED) is 0.158. The summed E-state index contributed by atoms with van der Waals surface area (Å²) in [4.78, 5) is 18.1. The monoisotopic (exact) mass is 533 g/mol. The van der Waals surface area contributed by atoms with Gasteiger partial charge in [-0.2, -0.15) is 5.10 Å². The van der Waals surface area contributed by atoms with E-state index >= 15 is 0 Å². The van der Waals surface area contributed by atoms with Gasteiger partial charge in [-0.1, -0.05) is 54.6 Å². The molecule has 0 aliphatic rings. The van der Waals surface area contributed by atoms with Gasteiger partial charge in [0.15, 0.2) is 5.65 Å². The number of hydrogen-bond acceptors (Lipinski definition) is 5. The summed E-state index contributed by atoms with van der Waals surface area (Å²) in [6.07, 6.45) is 0. The summed E-state index contributed by atoms with van der Waals surface area (Å²) in [5, 5.41) is 18.0. The number of nitro groups is 1. The molecule has 5 aromatic carbocycles. The molecular formula is C34H23N5O2. The molecule has 0 aliphatic heterocycles. The number of hydrogen-bond donors (Lipinski definition) is 0. The van der Waals surface area contributed by atoms with Crippen molar-refractivity contribution in [2.24, 2.45) is 0 Å². The van der Waals surface area contributed by atoms with E-state index in [4.69, 9.17) is 10.1 Å². The van der Waals surface area contributed by atoms with E-state index in [0.29, 0.717) is 11.3 Å². The molecule has 0 amide bonds. The zero-order valence-corrected chi connectivity index (χ0v) is 21.8. The van der Waals surface area contributed by atoms with Crippen LogP contribution in [0.25, 0.3) is 38.9 Å². The average molecular weight is 534 g/mol. The van der Waals surface area contributed by atoms with Crippen molar-refractivity contribution in [3.63, 3.8) is 0 Å². The first-order valence-corrected chi connectivity index (χ1v) is 13.2. The van der Waals surface area contributed by atoms with Gasteiger partial charge in [0, 0.05) is 45.5 Å². The number of aromatic nitrogens is 3. The fourth-order valence-corrected chi connectivity index (χ4v) is 5.13. The van der Waals surface area contributed by atoms with Gasteiger partial charge in [-0.25, -0.2) is 9.67 Å². The molecule has 0 fully saturated rings. The Bertz CT molecular complexity index is 1970. The molecule has 7 rings (SSSR count). The third kappa shape index (κ3) is 4.45. The Hall–Kier alpha value is -5.82. The summed E-state index contributed by atoms with van der Waals surface area (Å²) in [7, 11) is 0. The number of nitrogens with zero attached hydrogens (tertiary/aromatic N) is 5. The maximum absolute atomic E-state index is 11.3. The van der Waals surface area contributed by atoms with Gasteiger partial charge < -0.3 is 4.90 Å². The van der Waals surface area contributed by atoms with Gasteiger partial charge in [0.2, 0.25) is 0 Å². The van der Waals surface area contributed by atoms with Crippen molar-refractivity contribution in [3.8, 4) is 16.9 Å². The second-order valence-corrected chi connectivity index (χ2v) is 9.64. The predicted molar refractivity (Wildman–Crippen MR) is 163 cm³/mol. The smallest absolute Gasteiger partial charge is 0.269 e. The molecule has 0 radical (unpaired) electrons. The molecule has 0 atom stereocenters. The number of anilines is 3. The van der Waals surface area contributed by atoms with Gasteiger partial charge in [0.1, 0.15) is 5.69 Å². The molecule has 2 heterocycles. The lowest BCUT2D eigenvalue weighted by Crippen LogP contribution is -2.09. The molecule has 7 aromatic rings. The molecule has 196 valence electrons. The number of fused-ring (bicyclic) bond motifs is 2. The minimum absolute atomic E-state index is 0.0377. The van der Waals surface area contributed by atoms with E-state index in [1.165, 1.54) is 12.1 Å². The van der Waals surface area contributed by atoms with E-state index in [2.05, 4.69) is 47.4 Å². The van der Waals surface area contributed by atoms with Crippen molar-refractivity contribution in [3.05, 3.63) is 150 Å². The lowest BCUT2D eigenvalue weighted by molar-refractivity contribution is -0.384. The normalized spacial score (nSPS) is 11.1. The van der Waals surface area contributed by atoms with Gasteiger partial charge in [-0.15, -0.1) is 0 Å². The average Bonchev–Trinajstić information content (AvgIpc) is 3.40. The van der Waals surface area contributed by atoms with Crippen LogP contribution >= 0.6 is 0 Å². The maximum Gasteiger partial charge on any atom is 0.269 e. The molecule has 41 heavy (non-hydrogen) atoms. The van der Waals surface area contributed by atoms with Crippen molar-refractivity contribution in [1.82, 2.24) is 14.8 Å². The summed E-state index contributed by atoms with van der Waals surface area (Å²) >= 11 is 0. The van der Waals surface area contributed by atoms with Crippen LogP contribution in [0.3, 0.4) is 0 Å². The first kappa shape index (κ1) is 24.2. The van der Waals surface area contributed by atoms with Crippen LogP contribution in [0, 0.1) is 10.1 Å². The van der Waals surface area contributed by atoms with Crippen molar-refractivity contribution in [2.45, 2.75) is 0 Å². The maximum atomic E-state index is 11.3. The highest BCUT2D eigenvalue weighted by molar-refractivity contribution is 6.00. The molecule has 7 heteroatoms. The van der Waals surface area contributed by atoms with Crippen LogP contribution in [0.2, 0.25) is 0 Å². The second-order valence-electron chi connectivity index (χ2n) is 9.64. The van der Waals surface area contributed by atoms with Gasteiger partial charge in [-0.05, 0) is 72.8 Å². The molecule has 0 unspecified atom stereocenters. The zero-order chi connectivity index (χ0) is 27.8. The third-order valence-electron chi connectivity index (χ3n) is 7.07. The SMILES string of the molecule is O=[N+]([O-])c1ccc(-c2nn(-c3ccccc3)c3nc4ccc(N(c5ccccc5)c5ccccc5)cc4cc23)cc1. The van der Waals surface area contributed by atoms with Gasteiger partial charge in [-0.3, -0.25) is 10.1 Å². The second kappa shape index (κ2) is 10.1. The highest BCUT2D eigenvalue weighted by atomic mass is 16.6. The number of para-hydroxylation sites is 3. The minimum Gasteiger partial charge on any atom is -0.310 e. The fourth-order valence-electron chi connectivity index (χ4n) is 5.13. The topological polar surface area (TPSA) is 77.1 Å². The Morgan fingerprint density at radius 3 is 1.88 bits per heavy atom. The van der Waals surface area contributed by atoms with Crippen LogP contribution in [0.1, 0.15) is 0 Å². The van der Waals surface area contributed by atoms with E-state index in [-0.39, 0.29) is 5.69 Å². The number of nitro benzene ring substituents is 1. The predicted octanol–water partition coefficient (Wildman–Crippen LogP) is 8.62. The summed E-state index contributed by atoms with van der Waals surface area (Å²) in [6, 6.07) is 45.2. The summed E-state index contributed by atoms with van der Waals surface area (Å²) in [5.41, 5.74) is 7.07. The van der Waals surface area contributed by atoms with Gasteiger partial charge in [0.05, 0.1) is 16.1 Å². The summed E-state index contributed by atoms with van der Waals surface area (Å²) in [5.74, 6) is 0.